The van der Waals surface area contributed by atoms with E-state index in [2.05, 4.69) is 17.4 Å². The Kier molecular flexibility index (Phi) is 7.01. The van der Waals surface area contributed by atoms with E-state index in [0.29, 0.717) is 10.7 Å². The van der Waals surface area contributed by atoms with Gasteiger partial charge in [0.25, 0.3) is 10.0 Å². The number of carbonyl (C=O) groups excluding carboxylic acids is 1. The van der Waals surface area contributed by atoms with E-state index < -0.39 is 10.0 Å². The number of benzene rings is 3. The fourth-order valence-electron chi connectivity index (χ4n) is 4.25. The Balaban J connectivity index is 1.60. The van der Waals surface area contributed by atoms with Gasteiger partial charge >= 0.3 is 0 Å². The van der Waals surface area contributed by atoms with Gasteiger partial charge in [-0.05, 0) is 86.6 Å². The fraction of sp³-hybridized carbons (Fsp3) is 0.296. The van der Waals surface area contributed by atoms with Gasteiger partial charge in [0.15, 0.2) is 0 Å². The summed E-state index contributed by atoms with van der Waals surface area (Å²) in [6.45, 7) is 5.29. The first kappa shape index (κ1) is 24.3. The Morgan fingerprint density at radius 3 is 2.41 bits per heavy atom. The number of nitrogens with one attached hydrogen (secondary N) is 1. The third kappa shape index (κ3) is 5.13. The number of amides is 1. The van der Waals surface area contributed by atoms with Crippen LogP contribution in [0.5, 0.6) is 0 Å². The maximum atomic E-state index is 13.6. The van der Waals surface area contributed by atoms with Gasteiger partial charge in [0.05, 0.1) is 16.6 Å². The molecule has 4 rings (SSSR count). The highest BCUT2D eigenvalue weighted by Gasteiger charge is 2.28. The SMILES string of the molecule is Cc1ccc(S(=O)(=O)N(CC(=O)N[C@@H](C)c2ccc3c(c2)CCC3)c2ccc(C)c(Cl)c2)cc1. The monoisotopic (exact) mass is 496 g/mol. The summed E-state index contributed by atoms with van der Waals surface area (Å²) in [4.78, 5) is 13.2. The van der Waals surface area contributed by atoms with E-state index in [9.17, 15) is 13.2 Å². The summed E-state index contributed by atoms with van der Waals surface area (Å²) in [5.41, 5.74) is 5.83. The van der Waals surface area contributed by atoms with Gasteiger partial charge in [0.2, 0.25) is 5.91 Å². The number of rotatable bonds is 7. The van der Waals surface area contributed by atoms with E-state index in [0.717, 1.165) is 40.3 Å². The van der Waals surface area contributed by atoms with Crippen molar-refractivity contribution in [2.75, 3.05) is 10.8 Å². The third-order valence-electron chi connectivity index (χ3n) is 6.34. The zero-order valence-corrected chi connectivity index (χ0v) is 21.2. The molecule has 0 aliphatic heterocycles. The quantitative estimate of drug-likeness (QED) is 0.468. The predicted octanol–water partition coefficient (Wildman–Crippen LogP) is 5.52. The van der Waals surface area contributed by atoms with Gasteiger partial charge in [-0.1, -0.05) is 53.6 Å². The summed E-state index contributed by atoms with van der Waals surface area (Å²) >= 11 is 6.30. The van der Waals surface area contributed by atoms with Crippen LogP contribution in [0.1, 0.15) is 47.2 Å². The maximum Gasteiger partial charge on any atom is 0.264 e. The minimum Gasteiger partial charge on any atom is -0.348 e. The second-order valence-electron chi connectivity index (χ2n) is 8.93. The molecule has 0 spiro atoms. The number of hydrogen-bond donors (Lipinski definition) is 1. The van der Waals surface area contributed by atoms with Gasteiger partial charge in [-0.15, -0.1) is 0 Å². The second kappa shape index (κ2) is 9.80. The van der Waals surface area contributed by atoms with Crippen LogP contribution in [0.2, 0.25) is 5.02 Å². The van der Waals surface area contributed by atoms with E-state index in [-0.39, 0.29) is 23.4 Å². The van der Waals surface area contributed by atoms with Crippen molar-refractivity contribution in [2.45, 2.75) is 51.0 Å². The number of carbonyl (C=O) groups is 1. The summed E-state index contributed by atoms with van der Waals surface area (Å²) in [5, 5.41) is 3.41. The molecule has 3 aromatic carbocycles. The van der Waals surface area contributed by atoms with Crippen molar-refractivity contribution in [3.63, 3.8) is 0 Å². The number of sulfonamides is 1. The first-order valence-electron chi connectivity index (χ1n) is 11.4. The molecule has 0 saturated heterocycles. The van der Waals surface area contributed by atoms with Crippen LogP contribution >= 0.6 is 11.6 Å². The standard InChI is InChI=1S/C27H29ClN2O3S/c1-18-7-13-25(14-8-18)34(32,33)30(24-12-9-19(2)26(28)16-24)17-27(31)29-20(3)22-11-10-21-5-4-6-23(21)15-22/h7-16,20H,4-6,17H2,1-3H3,(H,29,31)/t20-/m0/s1. The molecule has 7 heteroatoms. The molecule has 0 fully saturated rings. The van der Waals surface area contributed by atoms with Crippen molar-refractivity contribution < 1.29 is 13.2 Å². The van der Waals surface area contributed by atoms with Crippen LogP contribution in [0.25, 0.3) is 0 Å². The number of hydrogen-bond acceptors (Lipinski definition) is 3. The zero-order chi connectivity index (χ0) is 24.5. The molecular formula is C27H29ClN2O3S. The number of aryl methyl sites for hydroxylation is 4. The smallest absolute Gasteiger partial charge is 0.264 e. The molecule has 0 unspecified atom stereocenters. The predicted molar refractivity (Wildman–Crippen MR) is 137 cm³/mol. The molecular weight excluding hydrogens is 468 g/mol. The van der Waals surface area contributed by atoms with E-state index in [1.165, 1.54) is 11.1 Å². The first-order chi connectivity index (χ1) is 16.1. The van der Waals surface area contributed by atoms with E-state index >= 15 is 0 Å². The Hall–Kier alpha value is -2.83. The van der Waals surface area contributed by atoms with E-state index in [4.69, 9.17) is 11.6 Å². The first-order valence-corrected chi connectivity index (χ1v) is 13.2. The molecule has 178 valence electrons. The van der Waals surface area contributed by atoms with Gasteiger partial charge in [-0.2, -0.15) is 0 Å². The molecule has 1 atom stereocenters. The molecule has 3 aromatic rings. The van der Waals surface area contributed by atoms with Gasteiger partial charge < -0.3 is 5.32 Å². The minimum atomic E-state index is -3.99. The van der Waals surface area contributed by atoms with Gasteiger partial charge in [0.1, 0.15) is 6.54 Å². The van der Waals surface area contributed by atoms with Crippen LogP contribution in [0.15, 0.2) is 65.6 Å². The zero-order valence-electron chi connectivity index (χ0n) is 19.6. The number of nitrogens with zero attached hydrogens (tertiary/aromatic N) is 1. The molecule has 1 N–H and O–H groups in total. The van der Waals surface area contributed by atoms with Crippen molar-refractivity contribution in [3.8, 4) is 0 Å². The normalized spacial score (nSPS) is 13.9. The van der Waals surface area contributed by atoms with Gasteiger partial charge in [-0.3, -0.25) is 9.10 Å². The molecule has 0 heterocycles. The number of halogens is 1. The van der Waals surface area contributed by atoms with Crippen molar-refractivity contribution in [2.24, 2.45) is 0 Å². The Bertz CT molecular complexity index is 1320. The summed E-state index contributed by atoms with van der Waals surface area (Å²) in [5.74, 6) is -0.389. The molecule has 1 amide bonds. The lowest BCUT2D eigenvalue weighted by Gasteiger charge is -2.25. The van der Waals surface area contributed by atoms with Gasteiger partial charge in [-0.25, -0.2) is 8.42 Å². The molecule has 1 aliphatic rings. The molecule has 0 bridgehead atoms. The number of fused-ring (bicyclic) bond motifs is 1. The lowest BCUT2D eigenvalue weighted by Crippen LogP contribution is -2.41. The molecule has 1 aliphatic carbocycles. The van der Waals surface area contributed by atoms with Gasteiger partial charge in [0, 0.05) is 5.02 Å². The van der Waals surface area contributed by atoms with Crippen LogP contribution in [0.3, 0.4) is 0 Å². The highest BCUT2D eigenvalue weighted by Crippen LogP contribution is 2.29. The Morgan fingerprint density at radius 2 is 1.71 bits per heavy atom. The molecule has 5 nitrogen and oxygen atoms in total. The average Bonchev–Trinajstić information content (AvgIpc) is 3.27. The summed E-state index contributed by atoms with van der Waals surface area (Å²) in [6, 6.07) is 17.7. The number of anilines is 1. The summed E-state index contributed by atoms with van der Waals surface area (Å²) in [7, 11) is -3.99. The maximum absolute atomic E-state index is 13.6. The lowest BCUT2D eigenvalue weighted by molar-refractivity contribution is -0.120. The molecule has 0 aromatic heterocycles. The van der Waals surface area contributed by atoms with Crippen molar-refractivity contribution >= 4 is 33.2 Å². The van der Waals surface area contributed by atoms with Crippen LogP contribution in [0.4, 0.5) is 5.69 Å². The van der Waals surface area contributed by atoms with Crippen molar-refractivity contribution in [3.05, 3.63) is 93.5 Å². The summed E-state index contributed by atoms with van der Waals surface area (Å²) in [6.07, 6.45) is 3.31. The second-order valence-corrected chi connectivity index (χ2v) is 11.2. The highest BCUT2D eigenvalue weighted by molar-refractivity contribution is 7.92. The summed E-state index contributed by atoms with van der Waals surface area (Å²) < 4.78 is 28.2. The molecule has 0 radical (unpaired) electrons. The van der Waals surface area contributed by atoms with Crippen LogP contribution in [-0.2, 0) is 27.7 Å². The fourth-order valence-corrected chi connectivity index (χ4v) is 5.84. The Morgan fingerprint density at radius 1 is 1.00 bits per heavy atom. The minimum absolute atomic E-state index is 0.120. The third-order valence-corrected chi connectivity index (χ3v) is 8.53. The van der Waals surface area contributed by atoms with Crippen LogP contribution in [0, 0.1) is 13.8 Å². The molecule has 0 saturated carbocycles. The van der Waals surface area contributed by atoms with E-state index in [1.54, 1.807) is 42.5 Å². The van der Waals surface area contributed by atoms with E-state index in [1.807, 2.05) is 26.8 Å². The highest BCUT2D eigenvalue weighted by atomic mass is 35.5. The lowest BCUT2D eigenvalue weighted by atomic mass is 10.0. The largest absolute Gasteiger partial charge is 0.348 e. The average molecular weight is 497 g/mol. The topological polar surface area (TPSA) is 66.5 Å². The van der Waals surface area contributed by atoms with Crippen molar-refractivity contribution in [1.29, 1.82) is 0 Å². The van der Waals surface area contributed by atoms with Crippen molar-refractivity contribution in [1.82, 2.24) is 5.32 Å². The van der Waals surface area contributed by atoms with Crippen LogP contribution < -0.4 is 9.62 Å². The molecule has 34 heavy (non-hydrogen) atoms. The van der Waals surface area contributed by atoms with Crippen LogP contribution in [-0.4, -0.2) is 20.9 Å². The Labute approximate surface area is 206 Å².